The minimum atomic E-state index is 0.934. The van der Waals surface area contributed by atoms with Gasteiger partial charge in [-0.1, -0.05) is 20.8 Å². The van der Waals surface area contributed by atoms with Crippen LogP contribution >= 0.6 is 0 Å². The summed E-state index contributed by atoms with van der Waals surface area (Å²) in [4.78, 5) is 0. The third-order valence-electron chi connectivity index (χ3n) is 5.99. The molecule has 0 aromatic rings. The Hall–Kier alpha value is 0. The van der Waals surface area contributed by atoms with Crippen molar-refractivity contribution in [3.8, 4) is 0 Å². The molecule has 0 N–H and O–H groups in total. The molecular formula is C12H18. The molecule has 4 fully saturated rings. The van der Waals surface area contributed by atoms with E-state index in [1.807, 2.05) is 0 Å². The monoisotopic (exact) mass is 162 g/mol. The first-order chi connectivity index (χ1) is 5.70. The van der Waals surface area contributed by atoms with Crippen LogP contribution in [0.5, 0.6) is 0 Å². The van der Waals surface area contributed by atoms with Crippen LogP contribution in [0, 0.1) is 46.8 Å². The van der Waals surface area contributed by atoms with E-state index in [0.717, 1.165) is 23.2 Å². The second-order valence-corrected chi connectivity index (χ2v) is 6.20. The summed E-state index contributed by atoms with van der Waals surface area (Å²) in [7, 11) is 0. The Morgan fingerprint density at radius 2 is 2.00 bits per heavy atom. The second-order valence-electron chi connectivity index (χ2n) is 6.20. The van der Waals surface area contributed by atoms with Gasteiger partial charge in [-0.2, -0.15) is 0 Å². The maximum Gasteiger partial charge on any atom is -0.0170 e. The van der Waals surface area contributed by atoms with Gasteiger partial charge in [0, 0.05) is 0 Å². The second kappa shape index (κ2) is 1.40. The summed E-state index contributed by atoms with van der Waals surface area (Å²) in [6, 6.07) is 0. The molecule has 0 amide bonds. The molecule has 1 spiro atoms. The lowest BCUT2D eigenvalue weighted by Crippen LogP contribution is -2.51. The van der Waals surface area contributed by atoms with E-state index in [9.17, 15) is 0 Å². The quantitative estimate of drug-likeness (QED) is 0.556. The van der Waals surface area contributed by atoms with Crippen molar-refractivity contribution >= 4 is 0 Å². The van der Waals surface area contributed by atoms with Crippen LogP contribution in [0.15, 0.2) is 0 Å². The highest BCUT2D eigenvalue weighted by atomic mass is 15.0. The lowest BCUT2D eigenvalue weighted by molar-refractivity contribution is -0.0871. The summed E-state index contributed by atoms with van der Waals surface area (Å²) in [5.74, 6) is 8.13. The summed E-state index contributed by atoms with van der Waals surface area (Å²) < 4.78 is 0. The molecule has 0 aliphatic heterocycles. The number of rotatable bonds is 1. The van der Waals surface area contributed by atoms with Gasteiger partial charge in [0.2, 0.25) is 0 Å². The normalized spacial score (nSPS) is 75.0. The van der Waals surface area contributed by atoms with Crippen molar-refractivity contribution in [1.82, 2.24) is 0 Å². The molecule has 4 saturated carbocycles. The molecule has 0 nitrogen and oxygen atoms in total. The molecule has 0 aromatic heterocycles. The highest BCUT2D eigenvalue weighted by molar-refractivity contribution is 5.41. The molecule has 4 aliphatic carbocycles. The van der Waals surface area contributed by atoms with Gasteiger partial charge in [0.1, 0.15) is 0 Å². The molecule has 7 unspecified atom stereocenters. The van der Waals surface area contributed by atoms with Gasteiger partial charge in [-0.15, -0.1) is 0 Å². The molecule has 0 aromatic carbocycles. The zero-order valence-electron chi connectivity index (χ0n) is 8.25. The smallest absolute Gasteiger partial charge is 0.0170 e. The van der Waals surface area contributed by atoms with Crippen LogP contribution in [0.4, 0.5) is 0 Å². The van der Waals surface area contributed by atoms with Gasteiger partial charge < -0.3 is 0 Å². The molecule has 4 rings (SSSR count). The van der Waals surface area contributed by atoms with Crippen LogP contribution in [-0.4, -0.2) is 0 Å². The Balaban J connectivity index is 1.80. The lowest BCUT2D eigenvalue weighted by Gasteiger charge is -2.56. The van der Waals surface area contributed by atoms with E-state index >= 15 is 0 Å². The largest absolute Gasteiger partial charge is 0.0625 e. The zero-order chi connectivity index (χ0) is 8.25. The molecule has 12 heavy (non-hydrogen) atoms. The fourth-order valence-corrected chi connectivity index (χ4v) is 6.13. The average Bonchev–Trinajstić information content (AvgIpc) is 2.24. The van der Waals surface area contributed by atoms with Crippen molar-refractivity contribution in [2.75, 3.05) is 0 Å². The van der Waals surface area contributed by atoms with Crippen LogP contribution < -0.4 is 0 Å². The van der Waals surface area contributed by atoms with Gasteiger partial charge in [-0.05, 0) is 53.3 Å². The Morgan fingerprint density at radius 1 is 1.25 bits per heavy atom. The van der Waals surface area contributed by atoms with Crippen molar-refractivity contribution in [3.05, 3.63) is 0 Å². The molecule has 0 heteroatoms. The van der Waals surface area contributed by atoms with Gasteiger partial charge in [-0.25, -0.2) is 0 Å². The summed E-state index contributed by atoms with van der Waals surface area (Å²) in [6.07, 6.45) is 1.59. The Labute approximate surface area is 74.7 Å². The Bertz CT molecular complexity index is 263. The number of hydrogen-bond acceptors (Lipinski definition) is 0. The van der Waals surface area contributed by atoms with Gasteiger partial charge in [0.05, 0.1) is 0 Å². The summed E-state index contributed by atoms with van der Waals surface area (Å²) >= 11 is 0. The molecule has 0 saturated heterocycles. The van der Waals surface area contributed by atoms with E-state index in [2.05, 4.69) is 20.8 Å². The van der Waals surface area contributed by atoms with E-state index in [0.29, 0.717) is 0 Å². The third kappa shape index (κ3) is 0.324. The van der Waals surface area contributed by atoms with Crippen molar-refractivity contribution in [3.63, 3.8) is 0 Å². The number of fused-ring (bicyclic) bond motifs is 1. The van der Waals surface area contributed by atoms with Crippen molar-refractivity contribution < 1.29 is 0 Å². The van der Waals surface area contributed by atoms with Crippen molar-refractivity contribution in [2.24, 2.45) is 46.8 Å². The Morgan fingerprint density at radius 3 is 2.33 bits per heavy atom. The van der Waals surface area contributed by atoms with E-state index in [1.165, 1.54) is 23.7 Å². The highest BCUT2D eigenvalue weighted by Crippen LogP contribution is 2.99. The van der Waals surface area contributed by atoms with Crippen molar-refractivity contribution in [1.29, 1.82) is 0 Å². The predicted molar refractivity (Wildman–Crippen MR) is 48.5 cm³/mol. The highest BCUT2D eigenvalue weighted by Gasteiger charge is 2.95. The average molecular weight is 162 g/mol. The molecule has 66 valence electrons. The van der Waals surface area contributed by atoms with Gasteiger partial charge in [0.15, 0.2) is 0 Å². The standard InChI is InChI=1S/C12H18/c1-5(2)9-8-7-4-6(3)12(9)10(7)11(8)12/h5-11H,4H2,1-3H3. The first kappa shape index (κ1) is 6.45. The van der Waals surface area contributed by atoms with E-state index in [1.54, 1.807) is 6.42 Å². The topological polar surface area (TPSA) is 0 Å². The molecular weight excluding hydrogens is 144 g/mol. The number of hydrogen-bond donors (Lipinski definition) is 0. The summed E-state index contributed by atoms with van der Waals surface area (Å²) in [6.45, 7) is 7.43. The van der Waals surface area contributed by atoms with E-state index in [4.69, 9.17) is 0 Å². The van der Waals surface area contributed by atoms with Gasteiger partial charge >= 0.3 is 0 Å². The van der Waals surface area contributed by atoms with Crippen LogP contribution in [0.1, 0.15) is 27.2 Å². The van der Waals surface area contributed by atoms with Crippen molar-refractivity contribution in [2.45, 2.75) is 27.2 Å². The fourth-order valence-electron chi connectivity index (χ4n) is 6.13. The Kier molecular flexibility index (Phi) is 0.755. The third-order valence-corrected chi connectivity index (χ3v) is 5.99. The first-order valence-corrected chi connectivity index (χ1v) is 5.70. The lowest BCUT2D eigenvalue weighted by atomic mass is 9.48. The van der Waals surface area contributed by atoms with Crippen LogP contribution in [-0.2, 0) is 0 Å². The summed E-state index contributed by atoms with van der Waals surface area (Å²) in [5, 5.41) is 0. The van der Waals surface area contributed by atoms with Gasteiger partial charge in [0.25, 0.3) is 0 Å². The maximum atomic E-state index is 2.53. The van der Waals surface area contributed by atoms with Gasteiger partial charge in [-0.3, -0.25) is 0 Å². The summed E-state index contributed by atoms with van der Waals surface area (Å²) in [5.41, 5.74) is 0.934. The maximum absolute atomic E-state index is 2.53. The zero-order valence-corrected chi connectivity index (χ0v) is 8.25. The minimum Gasteiger partial charge on any atom is -0.0625 e. The fraction of sp³-hybridized carbons (Fsp3) is 1.00. The van der Waals surface area contributed by atoms with Crippen LogP contribution in [0.3, 0.4) is 0 Å². The first-order valence-electron chi connectivity index (χ1n) is 5.70. The van der Waals surface area contributed by atoms with Crippen LogP contribution in [0.2, 0.25) is 0 Å². The molecule has 0 bridgehead atoms. The molecule has 0 heterocycles. The molecule has 0 radical (unpaired) electrons. The minimum absolute atomic E-state index is 0.934. The van der Waals surface area contributed by atoms with E-state index < -0.39 is 0 Å². The molecule has 7 atom stereocenters. The molecule has 4 aliphatic rings. The van der Waals surface area contributed by atoms with E-state index in [-0.39, 0.29) is 0 Å². The SMILES string of the molecule is CC(C)C1C2C3CC(C)C14C3C24. The van der Waals surface area contributed by atoms with Crippen LogP contribution in [0.25, 0.3) is 0 Å². The predicted octanol–water partition coefficient (Wildman–Crippen LogP) is 2.79.